The molecule has 0 bridgehead atoms. The highest BCUT2D eigenvalue weighted by Crippen LogP contribution is 2.31. The van der Waals surface area contributed by atoms with Gasteiger partial charge in [0.25, 0.3) is 5.69 Å². The molecule has 0 radical (unpaired) electrons. The van der Waals surface area contributed by atoms with Crippen LogP contribution >= 0.6 is 23.4 Å². The molecule has 0 unspecified atom stereocenters. The van der Waals surface area contributed by atoms with Gasteiger partial charge in [0.05, 0.1) is 11.1 Å². The molecule has 0 aliphatic carbocycles. The van der Waals surface area contributed by atoms with E-state index in [0.29, 0.717) is 22.8 Å². The number of halogens is 1. The van der Waals surface area contributed by atoms with Crippen LogP contribution in [0.4, 0.5) is 11.4 Å². The number of carbonyl (C=O) groups is 2. The number of carbonyl (C=O) groups excluding carboxylic acids is 2. The van der Waals surface area contributed by atoms with E-state index in [1.54, 1.807) is 42.5 Å². The smallest absolute Gasteiger partial charge is 0.288 e. The first-order valence-corrected chi connectivity index (χ1v) is 11.1. The third kappa shape index (κ3) is 5.69. The molecule has 2 aromatic carbocycles. The fraction of sp³-hybridized carbons (Fsp3) is 0.0909. The minimum absolute atomic E-state index is 0.0110. The highest BCUT2D eigenvalue weighted by atomic mass is 35.5. The average molecular weight is 498 g/mol. The number of anilines is 1. The molecule has 1 fully saturated rings. The van der Waals surface area contributed by atoms with Crippen molar-refractivity contribution < 1.29 is 18.9 Å². The van der Waals surface area contributed by atoms with Crippen LogP contribution in [-0.2, 0) is 9.59 Å². The molecule has 1 aliphatic rings. The van der Waals surface area contributed by atoms with E-state index in [0.717, 1.165) is 11.8 Å². The summed E-state index contributed by atoms with van der Waals surface area (Å²) in [5.74, 6) is 0.132. The molecule has 0 spiro atoms. The fourth-order valence-electron chi connectivity index (χ4n) is 3.01. The van der Waals surface area contributed by atoms with Gasteiger partial charge in [-0.15, -0.1) is 5.10 Å². The third-order valence-electron chi connectivity index (χ3n) is 4.59. The first kappa shape index (κ1) is 23.2. The maximum absolute atomic E-state index is 12.2. The first-order valence-electron chi connectivity index (χ1n) is 9.86. The standard InChI is InChI=1S/C22H16ClN5O5S/c23-16-8-6-13(10-17(16)28(31)32)18-9-7-15(33-18)12-24-27-22-26-21(30)19(34-22)11-20(29)25-14-4-2-1-3-5-14/h1-10,12,19H,11H2,(H,25,29)(H,26,27,30)/b24-12-/t19-/m0/s1. The van der Waals surface area contributed by atoms with E-state index in [-0.39, 0.29) is 34.1 Å². The van der Waals surface area contributed by atoms with Gasteiger partial charge in [0.1, 0.15) is 21.8 Å². The van der Waals surface area contributed by atoms with Gasteiger partial charge in [0, 0.05) is 23.7 Å². The van der Waals surface area contributed by atoms with E-state index in [1.807, 2.05) is 6.07 Å². The zero-order valence-corrected chi connectivity index (χ0v) is 18.9. The molecule has 3 aromatic rings. The zero-order valence-electron chi connectivity index (χ0n) is 17.3. The normalized spacial score (nSPS) is 16.7. The van der Waals surface area contributed by atoms with Crippen LogP contribution in [0.3, 0.4) is 0 Å². The number of hydrogen-bond acceptors (Lipinski definition) is 8. The Hall–Kier alpha value is -3.96. The Morgan fingerprint density at radius 3 is 2.79 bits per heavy atom. The SMILES string of the molecule is O=C(C[C@@H]1S/C(=N/N=C\c2ccc(-c3ccc(Cl)c([N+](=O)[O-])c3)o2)NC1=O)Nc1ccccc1. The Morgan fingerprint density at radius 1 is 1.24 bits per heavy atom. The Morgan fingerprint density at radius 2 is 2.03 bits per heavy atom. The van der Waals surface area contributed by atoms with Crippen molar-refractivity contribution in [2.24, 2.45) is 10.2 Å². The van der Waals surface area contributed by atoms with E-state index >= 15 is 0 Å². The molecule has 10 nitrogen and oxygen atoms in total. The molecule has 4 rings (SSSR count). The van der Waals surface area contributed by atoms with Crippen molar-refractivity contribution in [2.45, 2.75) is 11.7 Å². The molecule has 2 amide bonds. The quantitative estimate of drug-likeness (QED) is 0.280. The number of thioether (sulfide) groups is 1. The summed E-state index contributed by atoms with van der Waals surface area (Å²) in [6.07, 6.45) is 1.33. The van der Waals surface area contributed by atoms with Crippen molar-refractivity contribution in [2.75, 3.05) is 5.32 Å². The van der Waals surface area contributed by atoms with Gasteiger partial charge in [-0.05, 0) is 36.4 Å². The highest BCUT2D eigenvalue weighted by Gasteiger charge is 2.32. The molecule has 1 aliphatic heterocycles. The van der Waals surface area contributed by atoms with E-state index in [4.69, 9.17) is 16.0 Å². The number of furan rings is 1. The summed E-state index contributed by atoms with van der Waals surface area (Å²) in [6.45, 7) is 0. The Kier molecular flexibility index (Phi) is 7.04. The maximum atomic E-state index is 12.2. The number of benzene rings is 2. The van der Waals surface area contributed by atoms with E-state index in [9.17, 15) is 19.7 Å². The summed E-state index contributed by atoms with van der Waals surface area (Å²) in [7, 11) is 0. The van der Waals surface area contributed by atoms with Crippen molar-refractivity contribution in [1.82, 2.24) is 5.32 Å². The molecule has 1 atom stereocenters. The Balaban J connectivity index is 1.36. The minimum atomic E-state index is -0.617. The molecule has 2 heterocycles. The number of amidine groups is 1. The minimum Gasteiger partial charge on any atom is -0.455 e. The number of para-hydroxylation sites is 1. The van der Waals surface area contributed by atoms with Crippen molar-refractivity contribution in [3.8, 4) is 11.3 Å². The topological polar surface area (TPSA) is 139 Å². The summed E-state index contributed by atoms with van der Waals surface area (Å²) in [4.78, 5) is 34.8. The molecule has 12 heteroatoms. The number of amides is 2. The Bertz CT molecular complexity index is 1310. The monoisotopic (exact) mass is 497 g/mol. The van der Waals surface area contributed by atoms with Gasteiger partial charge in [-0.3, -0.25) is 19.7 Å². The molecular weight excluding hydrogens is 482 g/mol. The van der Waals surface area contributed by atoms with Gasteiger partial charge >= 0.3 is 0 Å². The van der Waals surface area contributed by atoms with Crippen molar-refractivity contribution >= 4 is 57.9 Å². The summed E-state index contributed by atoms with van der Waals surface area (Å²) in [5.41, 5.74) is 0.913. The molecule has 1 aromatic heterocycles. The van der Waals surface area contributed by atoms with E-state index < -0.39 is 10.2 Å². The van der Waals surface area contributed by atoms with Crippen LogP contribution in [0.15, 0.2) is 75.3 Å². The van der Waals surface area contributed by atoms with Crippen molar-refractivity contribution in [3.63, 3.8) is 0 Å². The Labute approximate surface area is 202 Å². The van der Waals surface area contributed by atoms with E-state index in [1.165, 1.54) is 18.3 Å². The second-order valence-corrected chi connectivity index (χ2v) is 8.59. The highest BCUT2D eigenvalue weighted by molar-refractivity contribution is 8.15. The predicted molar refractivity (Wildman–Crippen MR) is 130 cm³/mol. The molecule has 34 heavy (non-hydrogen) atoms. The van der Waals surface area contributed by atoms with Gasteiger partial charge < -0.3 is 15.1 Å². The number of nitro benzene ring substituents is 1. The van der Waals surface area contributed by atoms with Crippen LogP contribution < -0.4 is 10.6 Å². The number of hydrogen-bond donors (Lipinski definition) is 2. The van der Waals surface area contributed by atoms with Crippen LogP contribution in [0, 0.1) is 10.1 Å². The summed E-state index contributed by atoms with van der Waals surface area (Å²) in [6, 6.07) is 16.6. The van der Waals surface area contributed by atoms with Crippen LogP contribution in [0.1, 0.15) is 12.2 Å². The number of rotatable bonds is 7. The second kappa shape index (κ2) is 10.3. The fourth-order valence-corrected chi connectivity index (χ4v) is 4.12. The summed E-state index contributed by atoms with van der Waals surface area (Å²) in [5, 5.41) is 23.9. The number of nitro groups is 1. The predicted octanol–water partition coefficient (Wildman–Crippen LogP) is 4.46. The first-order chi connectivity index (χ1) is 16.4. The van der Waals surface area contributed by atoms with Crippen LogP contribution in [0.5, 0.6) is 0 Å². The van der Waals surface area contributed by atoms with Crippen molar-refractivity contribution in [1.29, 1.82) is 0 Å². The van der Waals surface area contributed by atoms with Gasteiger partial charge in [-0.25, -0.2) is 0 Å². The lowest BCUT2D eigenvalue weighted by Crippen LogP contribution is -2.28. The number of nitrogens with one attached hydrogen (secondary N) is 2. The number of nitrogens with zero attached hydrogens (tertiary/aromatic N) is 3. The molecular formula is C22H16ClN5O5S. The largest absolute Gasteiger partial charge is 0.455 e. The zero-order chi connectivity index (χ0) is 24.1. The second-order valence-electron chi connectivity index (χ2n) is 6.99. The maximum Gasteiger partial charge on any atom is 0.288 e. The summed E-state index contributed by atoms with van der Waals surface area (Å²) < 4.78 is 5.63. The lowest BCUT2D eigenvalue weighted by atomic mass is 10.1. The lowest BCUT2D eigenvalue weighted by molar-refractivity contribution is -0.384. The molecule has 0 saturated carbocycles. The molecule has 2 N–H and O–H groups in total. The third-order valence-corrected chi connectivity index (χ3v) is 5.98. The van der Waals surface area contributed by atoms with Gasteiger partial charge in [0.2, 0.25) is 11.8 Å². The van der Waals surface area contributed by atoms with Crippen LogP contribution in [-0.4, -0.2) is 33.4 Å². The van der Waals surface area contributed by atoms with Gasteiger partial charge in [-0.2, -0.15) is 5.10 Å². The van der Waals surface area contributed by atoms with Crippen LogP contribution in [0.2, 0.25) is 5.02 Å². The lowest BCUT2D eigenvalue weighted by Gasteiger charge is -2.06. The van der Waals surface area contributed by atoms with Gasteiger partial charge in [-0.1, -0.05) is 41.6 Å². The van der Waals surface area contributed by atoms with Gasteiger partial charge in [0.15, 0.2) is 5.17 Å². The van der Waals surface area contributed by atoms with Crippen molar-refractivity contribution in [3.05, 3.63) is 81.6 Å². The van der Waals surface area contributed by atoms with E-state index in [2.05, 4.69) is 20.8 Å². The molecule has 172 valence electrons. The molecule has 1 saturated heterocycles. The average Bonchev–Trinajstić information content (AvgIpc) is 3.41. The van der Waals surface area contributed by atoms with Crippen LogP contribution in [0.25, 0.3) is 11.3 Å². The summed E-state index contributed by atoms with van der Waals surface area (Å²) >= 11 is 6.95.